The first-order valence-corrected chi connectivity index (χ1v) is 8.82. The molecule has 4 heteroatoms. The van der Waals surface area contributed by atoms with E-state index >= 15 is 0 Å². The van der Waals surface area contributed by atoms with Crippen molar-refractivity contribution in [3.63, 3.8) is 0 Å². The Bertz CT molecular complexity index is 603. The van der Waals surface area contributed by atoms with E-state index < -0.39 is 0 Å². The van der Waals surface area contributed by atoms with Crippen molar-refractivity contribution in [2.75, 3.05) is 13.7 Å². The van der Waals surface area contributed by atoms with Crippen molar-refractivity contribution in [3.8, 4) is 5.06 Å². The van der Waals surface area contributed by atoms with Gasteiger partial charge >= 0.3 is 5.97 Å². The maximum Gasteiger partial charge on any atom is 0.348 e. The molecule has 2 aromatic rings. The van der Waals surface area contributed by atoms with Crippen LogP contribution in [0.25, 0.3) is 10.8 Å². The van der Waals surface area contributed by atoms with Crippen LogP contribution in [0.1, 0.15) is 55.1 Å². The molecule has 0 atom stereocenters. The van der Waals surface area contributed by atoms with Gasteiger partial charge in [-0.15, -0.1) is 0 Å². The molecule has 22 heavy (non-hydrogen) atoms. The van der Waals surface area contributed by atoms with Crippen LogP contribution in [0.15, 0.2) is 24.3 Å². The van der Waals surface area contributed by atoms with Gasteiger partial charge in [0.1, 0.15) is 4.88 Å². The van der Waals surface area contributed by atoms with Crippen LogP contribution in [0, 0.1) is 0 Å². The largest absolute Gasteiger partial charge is 0.483 e. The molecule has 0 unspecified atom stereocenters. The highest BCUT2D eigenvalue weighted by molar-refractivity contribution is 7.17. The average Bonchev–Trinajstić information content (AvgIpc) is 2.92. The summed E-state index contributed by atoms with van der Waals surface area (Å²) in [5.74, 6) is -0.296. The fourth-order valence-electron chi connectivity index (χ4n) is 2.46. The van der Waals surface area contributed by atoms with Crippen LogP contribution < -0.4 is 4.74 Å². The van der Waals surface area contributed by atoms with Gasteiger partial charge in [0, 0.05) is 10.8 Å². The number of ether oxygens (including phenoxy) is 2. The Hall–Kier alpha value is -1.55. The summed E-state index contributed by atoms with van der Waals surface area (Å²) in [6.45, 7) is 2.93. The molecule has 2 rings (SSSR count). The molecule has 0 saturated heterocycles. The summed E-state index contributed by atoms with van der Waals surface area (Å²) in [5.41, 5.74) is 0. The summed E-state index contributed by atoms with van der Waals surface area (Å²) in [5, 5.41) is 2.74. The molecule has 0 saturated carbocycles. The van der Waals surface area contributed by atoms with E-state index in [9.17, 15) is 4.79 Å². The van der Waals surface area contributed by atoms with Gasteiger partial charge in [0.2, 0.25) is 0 Å². The van der Waals surface area contributed by atoms with Gasteiger partial charge in [0.05, 0.1) is 13.7 Å². The number of hydrogen-bond acceptors (Lipinski definition) is 4. The second-order valence-electron chi connectivity index (χ2n) is 5.37. The fraction of sp³-hybridized carbons (Fsp3) is 0.500. The minimum absolute atomic E-state index is 0.296. The molecular weight excluding hydrogens is 296 g/mol. The number of unbranched alkanes of at least 4 members (excludes halogenated alkanes) is 5. The first-order valence-electron chi connectivity index (χ1n) is 8.00. The molecule has 1 aromatic carbocycles. The zero-order valence-corrected chi connectivity index (χ0v) is 14.2. The van der Waals surface area contributed by atoms with E-state index in [2.05, 4.69) is 6.92 Å². The normalized spacial score (nSPS) is 10.8. The Morgan fingerprint density at radius 2 is 1.73 bits per heavy atom. The molecule has 1 heterocycles. The number of esters is 1. The van der Waals surface area contributed by atoms with Crippen molar-refractivity contribution in [1.82, 2.24) is 0 Å². The first-order chi connectivity index (χ1) is 10.8. The van der Waals surface area contributed by atoms with Crippen molar-refractivity contribution < 1.29 is 14.3 Å². The summed E-state index contributed by atoms with van der Waals surface area (Å²) in [6.07, 6.45) is 7.43. The number of rotatable bonds is 9. The molecule has 0 amide bonds. The van der Waals surface area contributed by atoms with Crippen LogP contribution in [0.4, 0.5) is 0 Å². The lowest BCUT2D eigenvalue weighted by Gasteiger charge is -2.04. The molecule has 1 aromatic heterocycles. The molecule has 0 radical (unpaired) electrons. The van der Waals surface area contributed by atoms with E-state index in [1.54, 1.807) is 0 Å². The smallest absolute Gasteiger partial charge is 0.348 e. The molecule has 0 aliphatic heterocycles. The zero-order chi connectivity index (χ0) is 15.8. The predicted molar refractivity (Wildman–Crippen MR) is 92.0 cm³/mol. The Kier molecular flexibility index (Phi) is 6.72. The Morgan fingerprint density at radius 1 is 1.05 bits per heavy atom. The number of methoxy groups -OCH3 is 1. The molecule has 3 nitrogen and oxygen atoms in total. The van der Waals surface area contributed by atoms with E-state index in [0.29, 0.717) is 11.5 Å². The van der Waals surface area contributed by atoms with E-state index in [-0.39, 0.29) is 5.97 Å². The van der Waals surface area contributed by atoms with Gasteiger partial charge < -0.3 is 9.47 Å². The minimum atomic E-state index is -0.296. The lowest BCUT2D eigenvalue weighted by Crippen LogP contribution is -1.98. The van der Waals surface area contributed by atoms with Gasteiger partial charge in [-0.2, -0.15) is 0 Å². The third-order valence-corrected chi connectivity index (χ3v) is 4.80. The fourth-order valence-corrected chi connectivity index (χ4v) is 3.53. The van der Waals surface area contributed by atoms with Crippen molar-refractivity contribution in [3.05, 3.63) is 29.1 Å². The van der Waals surface area contributed by atoms with E-state index in [1.165, 1.54) is 50.6 Å². The van der Waals surface area contributed by atoms with Crippen molar-refractivity contribution >= 4 is 28.1 Å². The standard InChI is InChI=1S/C18H24O3S/c1-3-4-5-6-7-10-13-21-18-15-12-9-8-11-14(15)16(22-18)17(19)20-2/h8-9,11-12H,3-7,10,13H2,1-2H3. The van der Waals surface area contributed by atoms with Crippen LogP contribution in [0.5, 0.6) is 5.06 Å². The summed E-state index contributed by atoms with van der Waals surface area (Å²) in [4.78, 5) is 12.5. The van der Waals surface area contributed by atoms with Gasteiger partial charge in [-0.1, -0.05) is 68.6 Å². The molecule has 0 bridgehead atoms. The maximum absolute atomic E-state index is 11.9. The van der Waals surface area contributed by atoms with Crippen LogP contribution >= 0.6 is 11.3 Å². The highest BCUT2D eigenvalue weighted by atomic mass is 32.1. The van der Waals surface area contributed by atoms with Crippen LogP contribution in [-0.4, -0.2) is 19.7 Å². The number of carbonyl (C=O) groups excluding carboxylic acids is 1. The summed E-state index contributed by atoms with van der Waals surface area (Å²) >= 11 is 1.38. The molecule has 0 aliphatic rings. The Balaban J connectivity index is 1.95. The first kappa shape index (κ1) is 16.8. The van der Waals surface area contributed by atoms with Gasteiger partial charge in [-0.3, -0.25) is 0 Å². The second-order valence-corrected chi connectivity index (χ2v) is 6.36. The van der Waals surface area contributed by atoms with Gasteiger partial charge in [-0.05, 0) is 12.5 Å². The SMILES string of the molecule is CCCCCCCCOc1sc(C(=O)OC)c2ccccc12. The number of fused-ring (bicyclic) bond motifs is 1. The number of benzene rings is 1. The average molecular weight is 320 g/mol. The monoisotopic (exact) mass is 320 g/mol. The minimum Gasteiger partial charge on any atom is -0.483 e. The Labute approximate surface area is 136 Å². The van der Waals surface area contributed by atoms with E-state index in [0.717, 1.165) is 22.3 Å². The second kappa shape index (κ2) is 8.79. The van der Waals surface area contributed by atoms with Crippen LogP contribution in [0.2, 0.25) is 0 Å². The third kappa shape index (κ3) is 4.23. The zero-order valence-electron chi connectivity index (χ0n) is 13.4. The van der Waals surface area contributed by atoms with Gasteiger partial charge in [0.25, 0.3) is 0 Å². The number of hydrogen-bond donors (Lipinski definition) is 0. The van der Waals surface area contributed by atoms with Crippen molar-refractivity contribution in [2.45, 2.75) is 45.4 Å². The summed E-state index contributed by atoms with van der Waals surface area (Å²) in [7, 11) is 1.41. The predicted octanol–water partition coefficient (Wildman–Crippen LogP) is 5.43. The highest BCUT2D eigenvalue weighted by Gasteiger charge is 2.17. The lowest BCUT2D eigenvalue weighted by molar-refractivity contribution is 0.0608. The number of thiophene rings is 1. The highest BCUT2D eigenvalue weighted by Crippen LogP contribution is 2.38. The van der Waals surface area contributed by atoms with Crippen LogP contribution in [0.3, 0.4) is 0 Å². The van der Waals surface area contributed by atoms with E-state index in [4.69, 9.17) is 9.47 Å². The molecule has 0 N–H and O–H groups in total. The maximum atomic E-state index is 11.9. The summed E-state index contributed by atoms with van der Waals surface area (Å²) in [6, 6.07) is 7.83. The molecule has 0 fully saturated rings. The molecule has 0 aliphatic carbocycles. The third-order valence-electron chi connectivity index (χ3n) is 3.69. The molecular formula is C18H24O3S. The summed E-state index contributed by atoms with van der Waals surface area (Å²) < 4.78 is 10.8. The van der Waals surface area contributed by atoms with E-state index in [1.807, 2.05) is 24.3 Å². The lowest BCUT2D eigenvalue weighted by atomic mass is 10.1. The topological polar surface area (TPSA) is 35.5 Å². The molecule has 0 spiro atoms. The quantitative estimate of drug-likeness (QED) is 0.456. The Morgan fingerprint density at radius 3 is 2.45 bits per heavy atom. The van der Waals surface area contributed by atoms with Gasteiger partial charge in [0.15, 0.2) is 5.06 Å². The number of carbonyl (C=O) groups is 1. The van der Waals surface area contributed by atoms with Crippen molar-refractivity contribution in [1.29, 1.82) is 0 Å². The molecule has 120 valence electrons. The van der Waals surface area contributed by atoms with Crippen molar-refractivity contribution in [2.24, 2.45) is 0 Å². The van der Waals surface area contributed by atoms with Crippen LogP contribution in [-0.2, 0) is 4.74 Å². The van der Waals surface area contributed by atoms with Gasteiger partial charge in [-0.25, -0.2) is 4.79 Å².